The van der Waals surface area contributed by atoms with E-state index in [4.69, 9.17) is 4.74 Å². The molecule has 1 aliphatic heterocycles. The van der Waals surface area contributed by atoms with Crippen molar-refractivity contribution in [2.45, 2.75) is 63.8 Å². The number of anilines is 1. The number of alkyl halides is 4. The first kappa shape index (κ1) is 30.4. The number of amides is 2. The molecule has 2 amide bonds. The standard InChI is InChI=1S/C27H27F5N2O6/c1-5-10-26(29)13-20(33-24(38)40-25(2,3)4)22(35)34(21-11-17(23(36)37)19(28)12-18(21)26)14-15-6-8-16(9-7-15)39-27(30,31)32/h5-9,11-12,20H,1,10,13-14H2,2-4H3,(H,33,38)(H,36,37)/t20-,26?/m0/s1. The molecule has 1 unspecified atom stereocenters. The number of carboxylic acid groups (broad SMARTS) is 1. The first-order valence-corrected chi connectivity index (χ1v) is 11.9. The molecule has 0 saturated heterocycles. The summed E-state index contributed by atoms with van der Waals surface area (Å²) >= 11 is 0. The maximum atomic E-state index is 16.6. The molecule has 0 fully saturated rings. The number of ether oxygens (including phenoxy) is 2. The van der Waals surface area contributed by atoms with Gasteiger partial charge in [0.1, 0.15) is 28.9 Å². The monoisotopic (exact) mass is 570 g/mol. The second kappa shape index (κ2) is 11.1. The van der Waals surface area contributed by atoms with Crippen molar-refractivity contribution in [2.75, 3.05) is 4.90 Å². The summed E-state index contributed by atoms with van der Waals surface area (Å²) in [5, 5.41) is 11.8. The Morgan fingerprint density at radius 3 is 2.35 bits per heavy atom. The molecule has 3 rings (SSSR count). The van der Waals surface area contributed by atoms with Crippen LogP contribution in [0.15, 0.2) is 49.1 Å². The van der Waals surface area contributed by atoms with E-state index in [1.54, 1.807) is 20.8 Å². The Balaban J connectivity index is 2.14. The van der Waals surface area contributed by atoms with Crippen LogP contribution < -0.4 is 15.0 Å². The number of rotatable bonds is 7. The molecule has 216 valence electrons. The minimum absolute atomic E-state index is 0.237. The molecule has 0 bridgehead atoms. The van der Waals surface area contributed by atoms with Crippen molar-refractivity contribution in [3.8, 4) is 5.75 Å². The largest absolute Gasteiger partial charge is 0.573 e. The van der Waals surface area contributed by atoms with Gasteiger partial charge in [0.25, 0.3) is 0 Å². The zero-order valence-electron chi connectivity index (χ0n) is 21.8. The van der Waals surface area contributed by atoms with Crippen molar-refractivity contribution < 1.29 is 50.9 Å². The summed E-state index contributed by atoms with van der Waals surface area (Å²) in [6, 6.07) is 4.33. The fourth-order valence-corrected chi connectivity index (χ4v) is 4.26. The van der Waals surface area contributed by atoms with Gasteiger partial charge in [-0.2, -0.15) is 0 Å². The van der Waals surface area contributed by atoms with Crippen molar-refractivity contribution in [3.05, 3.63) is 71.6 Å². The highest BCUT2D eigenvalue weighted by molar-refractivity contribution is 6.01. The number of allylic oxidation sites excluding steroid dienone is 1. The molecule has 8 nitrogen and oxygen atoms in total. The molecular formula is C27H27F5N2O6. The van der Waals surface area contributed by atoms with Gasteiger partial charge < -0.3 is 24.8 Å². The smallest absolute Gasteiger partial charge is 0.478 e. The predicted octanol–water partition coefficient (Wildman–Crippen LogP) is 5.99. The van der Waals surface area contributed by atoms with Gasteiger partial charge in [-0.3, -0.25) is 4.79 Å². The van der Waals surface area contributed by atoms with Crippen LogP contribution >= 0.6 is 0 Å². The van der Waals surface area contributed by atoms with Crippen molar-refractivity contribution in [1.82, 2.24) is 5.32 Å². The van der Waals surface area contributed by atoms with Crippen molar-refractivity contribution >= 4 is 23.7 Å². The minimum Gasteiger partial charge on any atom is -0.478 e. The van der Waals surface area contributed by atoms with E-state index in [9.17, 15) is 37.1 Å². The topological polar surface area (TPSA) is 105 Å². The number of benzene rings is 2. The highest BCUT2D eigenvalue weighted by Crippen LogP contribution is 2.45. The molecule has 0 radical (unpaired) electrons. The van der Waals surface area contributed by atoms with Gasteiger partial charge in [-0.1, -0.05) is 18.2 Å². The molecule has 0 aliphatic carbocycles. The number of carboxylic acids is 1. The van der Waals surface area contributed by atoms with Crippen molar-refractivity contribution in [3.63, 3.8) is 0 Å². The zero-order chi connectivity index (χ0) is 30.0. The lowest BCUT2D eigenvalue weighted by molar-refractivity contribution is -0.274. The summed E-state index contributed by atoms with van der Waals surface area (Å²) < 4.78 is 78.1. The molecule has 2 atom stereocenters. The Bertz CT molecular complexity index is 1310. The maximum absolute atomic E-state index is 16.6. The van der Waals surface area contributed by atoms with Crippen molar-refractivity contribution in [2.24, 2.45) is 0 Å². The first-order valence-electron chi connectivity index (χ1n) is 11.9. The molecule has 0 saturated carbocycles. The van der Waals surface area contributed by atoms with Gasteiger partial charge in [0.2, 0.25) is 5.91 Å². The van der Waals surface area contributed by atoms with Gasteiger partial charge in [0, 0.05) is 18.4 Å². The Labute approximate surface area is 226 Å². The Morgan fingerprint density at radius 1 is 1.20 bits per heavy atom. The summed E-state index contributed by atoms with van der Waals surface area (Å²) in [7, 11) is 0. The molecule has 40 heavy (non-hydrogen) atoms. The number of nitrogens with one attached hydrogen (secondary N) is 1. The average Bonchev–Trinajstić information content (AvgIpc) is 2.87. The van der Waals surface area contributed by atoms with E-state index in [0.717, 1.165) is 23.1 Å². The number of fused-ring (bicyclic) bond motifs is 1. The average molecular weight is 571 g/mol. The molecule has 0 spiro atoms. The van der Waals surface area contributed by atoms with Crippen LogP contribution in [0.4, 0.5) is 32.4 Å². The number of nitrogens with zero attached hydrogens (tertiary/aromatic N) is 1. The number of aromatic carboxylic acids is 1. The molecule has 13 heteroatoms. The summed E-state index contributed by atoms with van der Waals surface area (Å²) in [6.07, 6.45) is -5.89. The number of hydrogen-bond donors (Lipinski definition) is 2. The lowest BCUT2D eigenvalue weighted by Gasteiger charge is -2.27. The van der Waals surface area contributed by atoms with Gasteiger partial charge in [0.05, 0.1) is 17.8 Å². The third-order valence-electron chi connectivity index (χ3n) is 5.84. The highest BCUT2D eigenvalue weighted by Gasteiger charge is 2.46. The second-order valence-corrected chi connectivity index (χ2v) is 10.1. The summed E-state index contributed by atoms with van der Waals surface area (Å²) in [4.78, 5) is 39.0. The van der Waals surface area contributed by atoms with E-state index in [2.05, 4.69) is 16.6 Å². The van der Waals surface area contributed by atoms with Gasteiger partial charge >= 0.3 is 18.4 Å². The van der Waals surface area contributed by atoms with E-state index < -0.39 is 78.2 Å². The van der Waals surface area contributed by atoms with Crippen molar-refractivity contribution in [1.29, 1.82) is 0 Å². The predicted molar refractivity (Wildman–Crippen MR) is 133 cm³/mol. The third-order valence-corrected chi connectivity index (χ3v) is 5.84. The molecule has 2 N–H and O–H groups in total. The quantitative estimate of drug-likeness (QED) is 0.313. The van der Waals surface area contributed by atoms with Crippen LogP contribution in [-0.4, -0.2) is 41.1 Å². The van der Waals surface area contributed by atoms with Crippen LogP contribution in [0, 0.1) is 5.82 Å². The van der Waals surface area contributed by atoms with Crippen LogP contribution in [-0.2, 0) is 21.7 Å². The second-order valence-electron chi connectivity index (χ2n) is 10.1. The Morgan fingerprint density at radius 2 is 1.82 bits per heavy atom. The third kappa shape index (κ3) is 7.27. The summed E-state index contributed by atoms with van der Waals surface area (Å²) in [5.41, 5.74) is -4.71. The zero-order valence-corrected chi connectivity index (χ0v) is 21.8. The van der Waals surface area contributed by atoms with E-state index in [1.165, 1.54) is 18.2 Å². The summed E-state index contributed by atoms with van der Waals surface area (Å²) in [5.74, 6) is -4.36. The lowest BCUT2D eigenvalue weighted by atomic mass is 9.85. The number of halogens is 5. The van der Waals surface area contributed by atoms with Gasteiger partial charge in [-0.15, -0.1) is 19.8 Å². The van der Waals surface area contributed by atoms with Crippen LogP contribution in [0.2, 0.25) is 0 Å². The summed E-state index contributed by atoms with van der Waals surface area (Å²) in [6.45, 7) is 7.83. The molecule has 1 aliphatic rings. The van der Waals surface area contributed by atoms with E-state index in [1.807, 2.05) is 0 Å². The van der Waals surface area contributed by atoms with Crippen LogP contribution in [0.5, 0.6) is 5.75 Å². The Kier molecular flexibility index (Phi) is 8.46. The molecule has 0 aromatic heterocycles. The molecule has 1 heterocycles. The van der Waals surface area contributed by atoms with E-state index in [0.29, 0.717) is 6.07 Å². The fraction of sp³-hybridized carbons (Fsp3) is 0.370. The van der Waals surface area contributed by atoms with Gasteiger partial charge in [-0.05, 0) is 50.6 Å². The fourth-order valence-electron chi connectivity index (χ4n) is 4.26. The molecule has 2 aromatic rings. The normalized spacial score (nSPS) is 19.4. The maximum Gasteiger partial charge on any atom is 0.573 e. The Hall–Kier alpha value is -4.16. The van der Waals surface area contributed by atoms with E-state index >= 15 is 4.39 Å². The highest BCUT2D eigenvalue weighted by atomic mass is 19.4. The number of alkyl carbamates (subject to hydrolysis) is 1. The number of hydrogen-bond acceptors (Lipinski definition) is 5. The van der Waals surface area contributed by atoms with Gasteiger partial charge in [-0.25, -0.2) is 18.4 Å². The van der Waals surface area contributed by atoms with Crippen LogP contribution in [0.1, 0.15) is 55.1 Å². The van der Waals surface area contributed by atoms with Gasteiger partial charge in [0.15, 0.2) is 0 Å². The first-order chi connectivity index (χ1) is 18.4. The molecule has 2 aromatic carbocycles. The minimum atomic E-state index is -4.94. The lowest BCUT2D eigenvalue weighted by Crippen LogP contribution is -2.50. The SMILES string of the molecule is C=CCC1(F)C[C@H](NC(=O)OC(C)(C)C)C(=O)N(Cc2ccc(OC(F)(F)F)cc2)c2cc(C(=O)O)c(F)cc21. The number of carbonyl (C=O) groups excluding carboxylic acids is 2. The molecular weight excluding hydrogens is 543 g/mol. The van der Waals surface area contributed by atoms with E-state index in [-0.39, 0.29) is 16.8 Å². The van der Waals surface area contributed by atoms with Crippen LogP contribution in [0.3, 0.4) is 0 Å². The number of carbonyl (C=O) groups is 3. The van der Waals surface area contributed by atoms with Crippen LogP contribution in [0.25, 0.3) is 0 Å².